The lowest BCUT2D eigenvalue weighted by Crippen LogP contribution is -2.43. The summed E-state index contributed by atoms with van der Waals surface area (Å²) in [5.41, 5.74) is 7.18. The van der Waals surface area contributed by atoms with E-state index in [-0.39, 0.29) is 123 Å². The van der Waals surface area contributed by atoms with Gasteiger partial charge in [-0.15, -0.1) is 0 Å². The number of aromatic amines is 4. The second-order valence-corrected chi connectivity index (χ2v) is 31.3. The molecule has 6 unspecified atom stereocenters. The number of hydrogen-bond donors (Lipinski definition) is 7. The number of hydrogen-bond acceptors (Lipinski definition) is 15. The average Bonchev–Trinajstić information content (AvgIpc) is 1.65. The summed E-state index contributed by atoms with van der Waals surface area (Å²) < 4.78 is 157. The molecule has 614 valence electrons. The quantitative estimate of drug-likeness (QED) is 0.0549. The number of ether oxygens (including phenoxy) is 1. The highest BCUT2D eigenvalue weighted by atomic mass is 79.9. The summed E-state index contributed by atoms with van der Waals surface area (Å²) in [6, 6.07) is 14.2. The Morgan fingerprint density at radius 3 is 1.18 bits per heavy atom. The molecule has 0 spiro atoms. The first-order chi connectivity index (χ1) is 51.9. The van der Waals surface area contributed by atoms with E-state index < -0.39 is 65.4 Å². The maximum absolute atomic E-state index is 12.5. The second-order valence-electron chi connectivity index (χ2n) is 28.8. The Bertz CT molecular complexity index is 4540. The van der Waals surface area contributed by atoms with Gasteiger partial charge in [-0.05, 0) is 132 Å². The van der Waals surface area contributed by atoms with Crippen LogP contribution in [0.3, 0.4) is 0 Å². The summed E-state index contributed by atoms with van der Waals surface area (Å²) in [5, 5.41) is 23.1. The summed E-state index contributed by atoms with van der Waals surface area (Å²) in [6.45, 7) is 19.0. The highest BCUT2D eigenvalue weighted by Gasteiger charge is 2.47. The number of fused-ring (bicyclic) bond motifs is 6. The molecule has 12 rings (SSSR count). The first-order valence-corrected chi connectivity index (χ1v) is 37.8. The molecular weight excluding hydrogens is 1700 g/mol. The Labute approximate surface area is 659 Å². The van der Waals surface area contributed by atoms with E-state index in [2.05, 4.69) is 96.0 Å². The minimum absolute atomic E-state index is 0.00171. The van der Waals surface area contributed by atoms with Crippen molar-refractivity contribution in [3.63, 3.8) is 0 Å². The van der Waals surface area contributed by atoms with Crippen LogP contribution in [0.5, 0.6) is 11.5 Å². The van der Waals surface area contributed by atoms with Gasteiger partial charge in [0.25, 0.3) is 11.1 Å². The first-order valence-electron chi connectivity index (χ1n) is 35.4. The SMILES string of the molecule is CC1CN(C(=O)C(F)(F)F)CCc2c(Br)cc(=O)[nH]c21.CC1CN(C(=O)C(F)(F)F)CCc2c(O)cc(=O)[nH]c21.CC1CN(C(=O)C(F)(F)F)CCc2ccc(=O)[nH]c21.CC1CN(C(=O)C(F)(F)F)CCc2ccc(Br)nc21.CC1CN(C(=O)OC(C)(C)C)CCc2c(O)cc(=O)[nH]c21.CC1CNCCc2ccc(Br)nc21. The Morgan fingerprint density at radius 2 is 0.750 bits per heavy atom. The van der Waals surface area contributed by atoms with E-state index >= 15 is 0 Å². The topological polar surface area (TPSA) is 320 Å². The molecule has 39 heteroatoms. The second kappa shape index (κ2) is 37.6. The van der Waals surface area contributed by atoms with Gasteiger partial charge >= 0.3 is 54.4 Å². The van der Waals surface area contributed by atoms with Gasteiger partial charge in [0, 0.05) is 182 Å². The van der Waals surface area contributed by atoms with Crippen molar-refractivity contribution in [3.05, 3.63) is 177 Å². The first kappa shape index (κ1) is 90.6. The van der Waals surface area contributed by atoms with Crippen LogP contribution in [0.1, 0.15) is 165 Å². The van der Waals surface area contributed by atoms with Crippen LogP contribution in [0.15, 0.2) is 87.5 Å². The molecule has 0 aromatic carbocycles. The summed E-state index contributed by atoms with van der Waals surface area (Å²) in [7, 11) is 0. The summed E-state index contributed by atoms with van der Waals surface area (Å²) in [5.74, 6) is -8.58. The van der Waals surface area contributed by atoms with E-state index in [4.69, 9.17) is 4.74 Å². The number of aromatic hydroxyl groups is 2. The van der Waals surface area contributed by atoms with E-state index in [0.717, 1.165) is 67.3 Å². The number of aromatic nitrogens is 6. The number of carbonyl (C=O) groups is 5. The van der Waals surface area contributed by atoms with Crippen molar-refractivity contribution in [2.45, 2.75) is 167 Å². The molecule has 6 aliphatic rings. The van der Waals surface area contributed by atoms with E-state index in [9.17, 15) is 106 Å². The monoisotopic (exact) mass is 1790 g/mol. The van der Waals surface area contributed by atoms with Crippen LogP contribution < -0.4 is 27.6 Å². The number of H-pyrrole nitrogens is 4. The standard InChI is InChI=1S/C15H22N2O4.C12H12BrF3N2O2.C12H12BrF3N2O.C12H13F3N2O3.C12H13F3N2O2.C10H13BrN2/c1-9-8-17(14(20)21-15(2,3)4)6-5-10-11(18)7-12(19)16-13(9)10;1-6-5-18(11(20)12(14,15)16)3-2-7-8(13)4-9(19)17-10(6)7;1-7-6-18(11(19)12(14,15)16)5-4-8-2-3-9(13)17-10(7)8;1-6-5-17(11(20)12(13,14)15)3-2-7-8(18)4-9(19)16-10(6)7;1-7-6-17(11(19)12(13,14)15)5-4-8-2-3-9(18)16-10(7)8;1-7-6-12-5-4-8-2-3-9(11)13-10(7)8/h7,9H,5-6,8H2,1-4H3,(H2,16,18,19);4,6H,2-3,5H2,1H3,(H,17,19);2-3,7H,4-6H2,1H3;4,6H,2-3,5H2,1H3,(H2,16,18,19);2-3,7H,4-6H2,1H3,(H,16,18);2-3,7,12H,4-6H2,1H3. The molecule has 0 saturated heterocycles. The third kappa shape index (κ3) is 24.7. The molecule has 0 radical (unpaired) electrons. The molecular formula is C73H85Br3F12N12O12. The Hall–Kier alpha value is -8.59. The Morgan fingerprint density at radius 1 is 0.420 bits per heavy atom. The van der Waals surface area contributed by atoms with Gasteiger partial charge in [0.15, 0.2) is 0 Å². The molecule has 0 aliphatic carbocycles. The van der Waals surface area contributed by atoms with Crippen molar-refractivity contribution < 1.29 is 91.6 Å². The number of nitrogens with one attached hydrogen (secondary N) is 5. The molecule has 0 bridgehead atoms. The van der Waals surface area contributed by atoms with Crippen molar-refractivity contribution in [2.24, 2.45) is 0 Å². The van der Waals surface area contributed by atoms with E-state index in [1.165, 1.54) is 29.5 Å². The van der Waals surface area contributed by atoms with Crippen molar-refractivity contribution in [1.82, 2.24) is 59.7 Å². The normalized spacial score (nSPS) is 19.8. The van der Waals surface area contributed by atoms with Gasteiger partial charge in [0.2, 0.25) is 11.1 Å². The van der Waals surface area contributed by atoms with Gasteiger partial charge in [-0.1, -0.05) is 75.7 Å². The molecule has 7 N–H and O–H groups in total. The maximum Gasteiger partial charge on any atom is 0.471 e. The molecule has 112 heavy (non-hydrogen) atoms. The van der Waals surface area contributed by atoms with E-state index in [1.54, 1.807) is 44.7 Å². The highest BCUT2D eigenvalue weighted by molar-refractivity contribution is 9.11. The van der Waals surface area contributed by atoms with Gasteiger partial charge in [0.1, 0.15) is 26.3 Å². The Balaban J connectivity index is 0.000000187. The fourth-order valence-electron chi connectivity index (χ4n) is 13.6. The molecule has 12 heterocycles. The lowest BCUT2D eigenvalue weighted by molar-refractivity contribution is -0.185. The third-order valence-electron chi connectivity index (χ3n) is 18.8. The number of rotatable bonds is 0. The number of carbonyl (C=O) groups excluding carboxylic acids is 5. The molecule has 5 amide bonds. The van der Waals surface area contributed by atoms with Crippen LogP contribution in [0, 0.1) is 0 Å². The van der Waals surface area contributed by atoms with Crippen LogP contribution in [0.4, 0.5) is 57.5 Å². The predicted molar refractivity (Wildman–Crippen MR) is 397 cm³/mol. The van der Waals surface area contributed by atoms with Gasteiger partial charge < -0.3 is 64.7 Å². The minimum atomic E-state index is -4.92. The molecule has 6 aliphatic heterocycles. The van der Waals surface area contributed by atoms with Crippen LogP contribution in [-0.4, -0.2) is 203 Å². The van der Waals surface area contributed by atoms with Gasteiger partial charge in [0.05, 0.1) is 0 Å². The van der Waals surface area contributed by atoms with Crippen LogP contribution >= 0.6 is 47.8 Å². The zero-order valence-electron chi connectivity index (χ0n) is 62.2. The van der Waals surface area contributed by atoms with E-state index in [0.29, 0.717) is 86.1 Å². The molecule has 0 fully saturated rings. The number of halogens is 15. The smallest absolute Gasteiger partial charge is 0.471 e. The summed E-state index contributed by atoms with van der Waals surface area (Å²) in [4.78, 5) is 127. The van der Waals surface area contributed by atoms with Crippen molar-refractivity contribution >= 4 is 77.5 Å². The van der Waals surface area contributed by atoms with Crippen LogP contribution in [0.25, 0.3) is 0 Å². The fraction of sp³-hybridized carbons (Fsp3) is 0.521. The zero-order chi connectivity index (χ0) is 83.6. The largest absolute Gasteiger partial charge is 0.507 e. The summed E-state index contributed by atoms with van der Waals surface area (Å²) in [6.07, 6.45) is -17.2. The molecule has 6 atom stereocenters. The predicted octanol–water partition coefficient (Wildman–Crippen LogP) is 11.7. The van der Waals surface area contributed by atoms with Gasteiger partial charge in [-0.3, -0.25) is 38.4 Å². The third-order valence-corrected chi connectivity index (χ3v) is 20.4. The van der Waals surface area contributed by atoms with E-state index in [1.807, 2.05) is 39.8 Å². The number of alkyl halides is 12. The van der Waals surface area contributed by atoms with Crippen molar-refractivity contribution in [3.8, 4) is 11.5 Å². The number of nitrogens with zero attached hydrogens (tertiary/aromatic N) is 7. The molecule has 6 aromatic rings. The van der Waals surface area contributed by atoms with Crippen LogP contribution in [0.2, 0.25) is 0 Å². The molecule has 24 nitrogen and oxygen atoms in total. The molecule has 6 aromatic heterocycles. The highest BCUT2D eigenvalue weighted by Crippen LogP contribution is 2.35. The molecule has 0 saturated carbocycles. The van der Waals surface area contributed by atoms with Crippen molar-refractivity contribution in [2.75, 3.05) is 78.5 Å². The minimum Gasteiger partial charge on any atom is -0.507 e. The number of pyridine rings is 6. The zero-order valence-corrected chi connectivity index (χ0v) is 66.9. The average molecular weight is 1790 g/mol. The van der Waals surface area contributed by atoms with Gasteiger partial charge in [-0.2, -0.15) is 52.7 Å². The fourth-order valence-corrected chi connectivity index (χ4v) is 14.9. The van der Waals surface area contributed by atoms with Crippen LogP contribution in [-0.2, 0) is 62.4 Å². The summed E-state index contributed by atoms with van der Waals surface area (Å²) >= 11 is 9.91. The lowest BCUT2D eigenvalue weighted by Gasteiger charge is -2.27. The number of amides is 5. The maximum atomic E-state index is 12.5. The lowest BCUT2D eigenvalue weighted by atomic mass is 10.0. The van der Waals surface area contributed by atoms with Crippen molar-refractivity contribution in [1.29, 1.82) is 0 Å². The Kier molecular flexibility index (Phi) is 30.4. The van der Waals surface area contributed by atoms with Gasteiger partial charge in [-0.25, -0.2) is 14.8 Å².